The third-order valence-corrected chi connectivity index (χ3v) is 2.62. The zero-order valence-electron chi connectivity index (χ0n) is 8.01. The van der Waals surface area contributed by atoms with Gasteiger partial charge in [0.25, 0.3) is 0 Å². The lowest BCUT2D eigenvalue weighted by Gasteiger charge is -2.11. The Morgan fingerprint density at radius 3 is 2.38 bits per heavy atom. The van der Waals surface area contributed by atoms with Crippen LogP contribution in [0.15, 0.2) is 18.2 Å². The molecule has 6 heteroatoms. The van der Waals surface area contributed by atoms with Gasteiger partial charge in [-0.2, -0.15) is 13.2 Å². The SMILES string of the molecule is O=C(O)Cc1cc(C(F)(F)F)ccc1CBr. The average Bonchev–Trinajstić information content (AvgIpc) is 2.15. The number of rotatable bonds is 3. The lowest BCUT2D eigenvalue weighted by Crippen LogP contribution is -2.09. The number of hydrogen-bond acceptors (Lipinski definition) is 1. The van der Waals surface area contributed by atoms with Gasteiger partial charge in [-0.3, -0.25) is 4.79 Å². The monoisotopic (exact) mass is 296 g/mol. The van der Waals surface area contributed by atoms with Crippen LogP contribution in [0.5, 0.6) is 0 Å². The van der Waals surface area contributed by atoms with Crippen molar-refractivity contribution in [2.24, 2.45) is 0 Å². The van der Waals surface area contributed by atoms with Gasteiger partial charge in [-0.25, -0.2) is 0 Å². The molecule has 0 aromatic heterocycles. The van der Waals surface area contributed by atoms with Crippen molar-refractivity contribution in [3.8, 4) is 0 Å². The van der Waals surface area contributed by atoms with Crippen molar-refractivity contribution in [1.82, 2.24) is 0 Å². The van der Waals surface area contributed by atoms with Crippen LogP contribution in [0.25, 0.3) is 0 Å². The van der Waals surface area contributed by atoms with E-state index in [-0.39, 0.29) is 5.56 Å². The van der Waals surface area contributed by atoms with E-state index in [0.29, 0.717) is 10.9 Å². The smallest absolute Gasteiger partial charge is 0.416 e. The summed E-state index contributed by atoms with van der Waals surface area (Å²) >= 11 is 3.10. The number of carboxylic acid groups (broad SMARTS) is 1. The van der Waals surface area contributed by atoms with Gasteiger partial charge in [0.1, 0.15) is 0 Å². The van der Waals surface area contributed by atoms with Gasteiger partial charge in [-0.1, -0.05) is 22.0 Å². The topological polar surface area (TPSA) is 37.3 Å². The molecule has 0 saturated carbocycles. The normalized spacial score (nSPS) is 11.5. The van der Waals surface area contributed by atoms with Gasteiger partial charge in [0, 0.05) is 5.33 Å². The van der Waals surface area contributed by atoms with E-state index in [4.69, 9.17) is 5.11 Å². The number of alkyl halides is 4. The average molecular weight is 297 g/mol. The second-order valence-corrected chi connectivity index (χ2v) is 3.75. The van der Waals surface area contributed by atoms with E-state index in [2.05, 4.69) is 15.9 Å². The van der Waals surface area contributed by atoms with Gasteiger partial charge in [0.15, 0.2) is 0 Å². The third-order valence-electron chi connectivity index (χ3n) is 2.02. The minimum absolute atomic E-state index is 0.180. The van der Waals surface area contributed by atoms with Gasteiger partial charge in [0.2, 0.25) is 0 Å². The van der Waals surface area contributed by atoms with E-state index >= 15 is 0 Å². The number of hydrogen-bond donors (Lipinski definition) is 1. The summed E-state index contributed by atoms with van der Waals surface area (Å²) < 4.78 is 37.1. The number of carboxylic acids is 1. The van der Waals surface area contributed by atoms with Crippen molar-refractivity contribution in [3.63, 3.8) is 0 Å². The van der Waals surface area contributed by atoms with Crippen molar-refractivity contribution in [1.29, 1.82) is 0 Å². The molecular formula is C10H8BrF3O2. The van der Waals surface area contributed by atoms with Crippen molar-refractivity contribution < 1.29 is 23.1 Å². The van der Waals surface area contributed by atoms with Crippen LogP contribution in [-0.2, 0) is 22.7 Å². The minimum atomic E-state index is -4.45. The molecule has 0 unspecified atom stereocenters. The first-order chi connectivity index (χ1) is 7.34. The number of halogens is 4. The molecule has 2 nitrogen and oxygen atoms in total. The Morgan fingerprint density at radius 1 is 1.31 bits per heavy atom. The standard InChI is InChI=1S/C10H8BrF3O2/c11-5-6-1-2-8(10(12,13)14)3-7(6)4-9(15)16/h1-3H,4-5H2,(H,15,16). The third kappa shape index (κ3) is 3.23. The number of benzene rings is 1. The summed E-state index contributed by atoms with van der Waals surface area (Å²) in [6.45, 7) is 0. The molecule has 1 aromatic rings. The highest BCUT2D eigenvalue weighted by molar-refractivity contribution is 9.08. The maximum absolute atomic E-state index is 12.4. The van der Waals surface area contributed by atoms with Crippen LogP contribution in [0.2, 0.25) is 0 Å². The molecule has 0 spiro atoms. The van der Waals surface area contributed by atoms with Gasteiger partial charge >= 0.3 is 12.1 Å². The van der Waals surface area contributed by atoms with Crippen molar-refractivity contribution in [2.45, 2.75) is 17.9 Å². The van der Waals surface area contributed by atoms with Crippen LogP contribution in [0.1, 0.15) is 16.7 Å². The number of aliphatic carboxylic acids is 1. The minimum Gasteiger partial charge on any atom is -0.481 e. The maximum Gasteiger partial charge on any atom is 0.416 e. The number of carbonyl (C=O) groups is 1. The predicted molar refractivity (Wildman–Crippen MR) is 55.4 cm³/mol. The largest absolute Gasteiger partial charge is 0.481 e. The van der Waals surface area contributed by atoms with Gasteiger partial charge in [-0.05, 0) is 23.3 Å². The summed E-state index contributed by atoms with van der Waals surface area (Å²) in [4.78, 5) is 10.5. The van der Waals surface area contributed by atoms with E-state index in [0.717, 1.165) is 12.1 Å². The first-order valence-electron chi connectivity index (χ1n) is 4.31. The lowest BCUT2D eigenvalue weighted by molar-refractivity contribution is -0.138. The molecule has 0 aliphatic rings. The lowest BCUT2D eigenvalue weighted by atomic mass is 10.0. The summed E-state index contributed by atoms with van der Waals surface area (Å²) in [5, 5.41) is 8.91. The Morgan fingerprint density at radius 2 is 1.94 bits per heavy atom. The molecule has 0 bridgehead atoms. The van der Waals surface area contributed by atoms with Crippen molar-refractivity contribution in [3.05, 3.63) is 34.9 Å². The van der Waals surface area contributed by atoms with Crippen LogP contribution in [-0.4, -0.2) is 11.1 Å². The highest BCUT2D eigenvalue weighted by atomic mass is 79.9. The Labute approximate surface area is 98.2 Å². The summed E-state index contributed by atoms with van der Waals surface area (Å²) in [6, 6.07) is 3.11. The van der Waals surface area contributed by atoms with Crippen LogP contribution < -0.4 is 0 Å². The van der Waals surface area contributed by atoms with Crippen LogP contribution in [0.3, 0.4) is 0 Å². The van der Waals surface area contributed by atoms with Gasteiger partial charge in [-0.15, -0.1) is 0 Å². The predicted octanol–water partition coefficient (Wildman–Crippen LogP) is 3.23. The van der Waals surface area contributed by atoms with E-state index in [1.807, 2.05) is 0 Å². The van der Waals surface area contributed by atoms with Crippen molar-refractivity contribution in [2.75, 3.05) is 0 Å². The molecule has 0 heterocycles. The molecule has 1 N–H and O–H groups in total. The fraction of sp³-hybridized carbons (Fsp3) is 0.300. The first-order valence-corrected chi connectivity index (χ1v) is 5.43. The zero-order chi connectivity index (χ0) is 12.3. The molecule has 0 aliphatic heterocycles. The summed E-state index contributed by atoms with van der Waals surface area (Å²) in [5.41, 5.74) is -0.0944. The molecule has 0 aliphatic carbocycles. The fourth-order valence-corrected chi connectivity index (χ4v) is 1.81. The summed E-state index contributed by atoms with van der Waals surface area (Å²) in [7, 11) is 0. The molecule has 16 heavy (non-hydrogen) atoms. The van der Waals surface area contributed by atoms with E-state index in [1.165, 1.54) is 6.07 Å². The first kappa shape index (κ1) is 13.0. The van der Waals surface area contributed by atoms with E-state index in [9.17, 15) is 18.0 Å². The Kier molecular flexibility index (Phi) is 3.96. The molecule has 1 rings (SSSR count). The van der Waals surface area contributed by atoms with Crippen LogP contribution in [0, 0.1) is 0 Å². The highest BCUT2D eigenvalue weighted by Gasteiger charge is 2.31. The maximum atomic E-state index is 12.4. The second kappa shape index (κ2) is 4.86. The van der Waals surface area contributed by atoms with E-state index in [1.54, 1.807) is 0 Å². The quantitative estimate of drug-likeness (QED) is 0.870. The Balaban J connectivity index is 3.16. The van der Waals surface area contributed by atoms with E-state index < -0.39 is 24.1 Å². The molecule has 0 radical (unpaired) electrons. The fourth-order valence-electron chi connectivity index (χ4n) is 1.26. The molecule has 0 amide bonds. The van der Waals surface area contributed by atoms with Gasteiger partial charge in [0.05, 0.1) is 12.0 Å². The molecular weight excluding hydrogens is 289 g/mol. The molecule has 0 saturated heterocycles. The molecule has 1 aromatic carbocycles. The zero-order valence-corrected chi connectivity index (χ0v) is 9.60. The van der Waals surface area contributed by atoms with Crippen LogP contribution >= 0.6 is 15.9 Å². The molecule has 0 atom stereocenters. The molecule has 0 fully saturated rings. The van der Waals surface area contributed by atoms with Crippen LogP contribution in [0.4, 0.5) is 13.2 Å². The van der Waals surface area contributed by atoms with Crippen molar-refractivity contribution >= 4 is 21.9 Å². The highest BCUT2D eigenvalue weighted by Crippen LogP contribution is 2.31. The Bertz CT molecular complexity index is 402. The Hall–Kier alpha value is -1.04. The second-order valence-electron chi connectivity index (χ2n) is 3.19. The summed E-state index contributed by atoms with van der Waals surface area (Å²) in [6.07, 6.45) is -4.86. The summed E-state index contributed by atoms with van der Waals surface area (Å²) in [5.74, 6) is -1.15. The molecule has 88 valence electrons. The van der Waals surface area contributed by atoms with Gasteiger partial charge < -0.3 is 5.11 Å².